The average molecular weight is 219 g/mol. The molecule has 1 aliphatic rings. The zero-order chi connectivity index (χ0) is 11.5. The molecule has 0 bridgehead atoms. The Morgan fingerprint density at radius 2 is 2.00 bits per heavy atom. The number of ketones is 1. The molecule has 1 fully saturated rings. The van der Waals surface area contributed by atoms with Gasteiger partial charge in [0.05, 0.1) is 6.61 Å². The maximum atomic E-state index is 11.9. The van der Waals surface area contributed by atoms with Crippen molar-refractivity contribution in [2.24, 2.45) is 11.7 Å². The van der Waals surface area contributed by atoms with Gasteiger partial charge >= 0.3 is 0 Å². The highest BCUT2D eigenvalue weighted by molar-refractivity contribution is 5.98. The minimum absolute atomic E-state index is 0.132. The van der Waals surface area contributed by atoms with Crippen LogP contribution in [-0.2, 0) is 0 Å². The fourth-order valence-corrected chi connectivity index (χ4v) is 1.99. The topological polar surface area (TPSA) is 52.3 Å². The Labute approximate surface area is 95.6 Å². The highest BCUT2D eigenvalue weighted by atomic mass is 16.5. The van der Waals surface area contributed by atoms with Crippen LogP contribution in [0.15, 0.2) is 24.3 Å². The van der Waals surface area contributed by atoms with E-state index in [1.165, 1.54) is 0 Å². The molecule has 86 valence electrons. The Kier molecular flexibility index (Phi) is 3.25. The van der Waals surface area contributed by atoms with E-state index in [0.29, 0.717) is 6.61 Å². The van der Waals surface area contributed by atoms with Gasteiger partial charge in [0.1, 0.15) is 5.75 Å². The van der Waals surface area contributed by atoms with E-state index in [0.717, 1.165) is 24.2 Å². The molecule has 0 aliphatic heterocycles. The minimum atomic E-state index is 0.132. The summed E-state index contributed by atoms with van der Waals surface area (Å²) in [5, 5.41) is 0. The van der Waals surface area contributed by atoms with Crippen molar-refractivity contribution in [3.05, 3.63) is 29.8 Å². The maximum absolute atomic E-state index is 11.9. The van der Waals surface area contributed by atoms with Gasteiger partial charge in [0.25, 0.3) is 0 Å². The lowest BCUT2D eigenvalue weighted by atomic mass is 9.76. The van der Waals surface area contributed by atoms with Crippen LogP contribution in [0.2, 0.25) is 0 Å². The molecule has 0 heterocycles. The van der Waals surface area contributed by atoms with E-state index in [1.54, 1.807) is 0 Å². The molecule has 0 saturated heterocycles. The molecule has 0 aromatic heterocycles. The Hall–Kier alpha value is -1.35. The smallest absolute Gasteiger partial charge is 0.166 e. The summed E-state index contributed by atoms with van der Waals surface area (Å²) in [5.74, 6) is 1.15. The summed E-state index contributed by atoms with van der Waals surface area (Å²) in [6.07, 6.45) is 1.65. The number of carbonyl (C=O) groups is 1. The second kappa shape index (κ2) is 4.66. The zero-order valence-electron chi connectivity index (χ0n) is 9.48. The molecule has 1 aromatic carbocycles. The summed E-state index contributed by atoms with van der Waals surface area (Å²) in [5.41, 5.74) is 6.44. The highest BCUT2D eigenvalue weighted by Crippen LogP contribution is 2.29. The van der Waals surface area contributed by atoms with Gasteiger partial charge in [-0.15, -0.1) is 0 Å². The number of nitrogens with two attached hydrogens (primary N) is 1. The summed E-state index contributed by atoms with van der Waals surface area (Å²) in [4.78, 5) is 11.9. The highest BCUT2D eigenvalue weighted by Gasteiger charge is 2.32. The zero-order valence-corrected chi connectivity index (χ0v) is 9.48. The predicted molar refractivity (Wildman–Crippen MR) is 62.6 cm³/mol. The van der Waals surface area contributed by atoms with Gasteiger partial charge in [0.2, 0.25) is 0 Å². The van der Waals surface area contributed by atoms with Crippen molar-refractivity contribution in [1.29, 1.82) is 0 Å². The van der Waals surface area contributed by atoms with Crippen molar-refractivity contribution in [3.8, 4) is 5.75 Å². The first kappa shape index (κ1) is 11.1. The van der Waals surface area contributed by atoms with Crippen LogP contribution < -0.4 is 10.5 Å². The van der Waals surface area contributed by atoms with Crippen LogP contribution in [-0.4, -0.2) is 18.4 Å². The van der Waals surface area contributed by atoms with Crippen LogP contribution in [0.1, 0.15) is 30.1 Å². The van der Waals surface area contributed by atoms with E-state index in [-0.39, 0.29) is 17.7 Å². The van der Waals surface area contributed by atoms with Gasteiger partial charge in [-0.3, -0.25) is 4.79 Å². The number of hydrogen-bond donors (Lipinski definition) is 1. The van der Waals surface area contributed by atoms with Crippen LogP contribution >= 0.6 is 0 Å². The van der Waals surface area contributed by atoms with Gasteiger partial charge in [-0.1, -0.05) is 0 Å². The molecule has 2 N–H and O–H groups in total. The van der Waals surface area contributed by atoms with E-state index in [1.807, 2.05) is 31.2 Å². The van der Waals surface area contributed by atoms with Crippen molar-refractivity contribution in [3.63, 3.8) is 0 Å². The normalized spacial score (nSPS) is 23.6. The van der Waals surface area contributed by atoms with Crippen LogP contribution in [0.25, 0.3) is 0 Å². The molecule has 1 aliphatic carbocycles. The lowest BCUT2D eigenvalue weighted by Gasteiger charge is -2.31. The molecule has 1 saturated carbocycles. The standard InChI is InChI=1S/C13H17NO2/c1-2-16-12-5-3-9(4-6-12)13(15)10-7-11(14)8-10/h3-6,10-11H,2,7-8,14H2,1H3. The molecule has 2 rings (SSSR count). The van der Waals surface area contributed by atoms with Crippen molar-refractivity contribution in [1.82, 2.24) is 0 Å². The van der Waals surface area contributed by atoms with Gasteiger partial charge in [0, 0.05) is 17.5 Å². The monoisotopic (exact) mass is 219 g/mol. The summed E-state index contributed by atoms with van der Waals surface area (Å²) in [7, 11) is 0. The van der Waals surface area contributed by atoms with Gasteiger partial charge in [-0.25, -0.2) is 0 Å². The van der Waals surface area contributed by atoms with Crippen molar-refractivity contribution >= 4 is 5.78 Å². The van der Waals surface area contributed by atoms with Gasteiger partial charge in [-0.05, 0) is 44.0 Å². The van der Waals surface area contributed by atoms with Gasteiger partial charge < -0.3 is 10.5 Å². The molecular weight excluding hydrogens is 202 g/mol. The molecule has 0 unspecified atom stereocenters. The summed E-state index contributed by atoms with van der Waals surface area (Å²) in [6.45, 7) is 2.58. The molecule has 0 atom stereocenters. The Morgan fingerprint density at radius 1 is 1.38 bits per heavy atom. The second-order valence-electron chi connectivity index (χ2n) is 4.25. The molecular formula is C13H17NO2. The largest absolute Gasteiger partial charge is 0.494 e. The van der Waals surface area contributed by atoms with Crippen LogP contribution in [0, 0.1) is 5.92 Å². The first-order valence-electron chi connectivity index (χ1n) is 5.73. The Balaban J connectivity index is 2.01. The maximum Gasteiger partial charge on any atom is 0.166 e. The third kappa shape index (κ3) is 2.25. The van der Waals surface area contributed by atoms with E-state index < -0.39 is 0 Å². The van der Waals surface area contributed by atoms with E-state index >= 15 is 0 Å². The number of hydrogen-bond acceptors (Lipinski definition) is 3. The van der Waals surface area contributed by atoms with Crippen LogP contribution in [0.4, 0.5) is 0 Å². The Morgan fingerprint density at radius 3 is 2.50 bits per heavy atom. The number of rotatable bonds is 4. The fraction of sp³-hybridized carbons (Fsp3) is 0.462. The second-order valence-corrected chi connectivity index (χ2v) is 4.25. The van der Waals surface area contributed by atoms with Gasteiger partial charge in [0.15, 0.2) is 5.78 Å². The van der Waals surface area contributed by atoms with Crippen molar-refractivity contribution < 1.29 is 9.53 Å². The molecule has 0 amide bonds. The SMILES string of the molecule is CCOc1ccc(C(=O)C2CC(N)C2)cc1. The van der Waals surface area contributed by atoms with Gasteiger partial charge in [-0.2, -0.15) is 0 Å². The summed E-state index contributed by atoms with van der Waals surface area (Å²) in [6, 6.07) is 7.57. The minimum Gasteiger partial charge on any atom is -0.494 e. The predicted octanol–water partition coefficient (Wildman–Crippen LogP) is 2.01. The molecule has 0 spiro atoms. The number of benzene rings is 1. The average Bonchev–Trinajstić information content (AvgIpc) is 2.25. The molecule has 3 heteroatoms. The fourth-order valence-electron chi connectivity index (χ4n) is 1.99. The number of ether oxygens (including phenoxy) is 1. The molecule has 1 aromatic rings. The molecule has 0 radical (unpaired) electrons. The lowest BCUT2D eigenvalue weighted by Crippen LogP contribution is -2.40. The summed E-state index contributed by atoms with van der Waals surface area (Å²) < 4.78 is 5.33. The third-order valence-electron chi connectivity index (χ3n) is 3.00. The van der Waals surface area contributed by atoms with Crippen LogP contribution in [0.5, 0.6) is 5.75 Å². The molecule has 3 nitrogen and oxygen atoms in total. The molecule has 16 heavy (non-hydrogen) atoms. The third-order valence-corrected chi connectivity index (χ3v) is 3.00. The number of Topliss-reactive ketones (excluding diaryl/α,β-unsaturated/α-hetero) is 1. The van der Waals surface area contributed by atoms with E-state index in [4.69, 9.17) is 10.5 Å². The van der Waals surface area contributed by atoms with Crippen molar-refractivity contribution in [2.45, 2.75) is 25.8 Å². The van der Waals surface area contributed by atoms with E-state index in [9.17, 15) is 4.79 Å². The Bertz CT molecular complexity index is 366. The quantitative estimate of drug-likeness (QED) is 0.788. The van der Waals surface area contributed by atoms with Crippen LogP contribution in [0.3, 0.4) is 0 Å². The first-order chi connectivity index (χ1) is 7.70. The lowest BCUT2D eigenvalue weighted by molar-refractivity contribution is 0.0832. The summed E-state index contributed by atoms with van der Waals surface area (Å²) >= 11 is 0. The van der Waals surface area contributed by atoms with Crippen molar-refractivity contribution in [2.75, 3.05) is 6.61 Å². The first-order valence-corrected chi connectivity index (χ1v) is 5.73. The number of carbonyl (C=O) groups excluding carboxylic acids is 1. The van der Waals surface area contributed by atoms with E-state index in [2.05, 4.69) is 0 Å².